The first-order valence-corrected chi connectivity index (χ1v) is 6.92. The topological polar surface area (TPSA) is 47.0 Å². The summed E-state index contributed by atoms with van der Waals surface area (Å²) in [6, 6.07) is 7.81. The summed E-state index contributed by atoms with van der Waals surface area (Å²) in [5.74, 6) is 1.25. The van der Waals surface area contributed by atoms with Gasteiger partial charge in [-0.15, -0.1) is 0 Å². The highest BCUT2D eigenvalue weighted by Gasteiger charge is 2.06. The largest absolute Gasteiger partial charge is 0.374 e. The molecule has 0 bridgehead atoms. The molecule has 0 aliphatic heterocycles. The average Bonchev–Trinajstić information content (AvgIpc) is 2.41. The van der Waals surface area contributed by atoms with Crippen LogP contribution in [0, 0.1) is 13.8 Å². The van der Waals surface area contributed by atoms with Gasteiger partial charge in [0.25, 0.3) is 0 Å². The van der Waals surface area contributed by atoms with Crippen LogP contribution in [0.5, 0.6) is 0 Å². The Labute approximate surface area is 124 Å². The molecule has 2 rings (SSSR count). The van der Waals surface area contributed by atoms with Gasteiger partial charge in [-0.1, -0.05) is 23.7 Å². The van der Waals surface area contributed by atoms with Crippen molar-refractivity contribution in [3.8, 4) is 0 Å². The predicted molar refractivity (Wildman–Crippen MR) is 81.6 cm³/mol. The van der Waals surface area contributed by atoms with Crippen LogP contribution in [0.25, 0.3) is 0 Å². The molecule has 0 amide bonds. The van der Waals surface area contributed by atoms with E-state index in [0.717, 1.165) is 5.69 Å². The molecule has 0 radical (unpaired) electrons. The van der Waals surface area contributed by atoms with E-state index in [1.807, 2.05) is 19.1 Å². The molecule has 1 heterocycles. The summed E-state index contributed by atoms with van der Waals surface area (Å²) in [7, 11) is 0. The average molecular weight is 292 g/mol. The highest BCUT2D eigenvalue weighted by Crippen LogP contribution is 2.23. The van der Waals surface area contributed by atoms with Gasteiger partial charge in [0.05, 0.1) is 0 Å². The normalized spacial score (nSPS) is 10.6. The zero-order valence-electron chi connectivity index (χ0n) is 11.9. The van der Waals surface area contributed by atoms with Crippen LogP contribution in [0.2, 0.25) is 5.15 Å². The first-order chi connectivity index (χ1) is 9.60. The molecule has 5 heteroatoms. The molecule has 0 fully saturated rings. The van der Waals surface area contributed by atoms with Crippen molar-refractivity contribution in [2.45, 2.75) is 27.4 Å². The minimum atomic E-state index is 0.360. The van der Waals surface area contributed by atoms with Gasteiger partial charge in [0.2, 0.25) is 0 Å². The van der Waals surface area contributed by atoms with Gasteiger partial charge in [-0.05, 0) is 38.0 Å². The second-order valence-corrected chi connectivity index (χ2v) is 4.89. The minimum Gasteiger partial charge on any atom is -0.374 e. The fraction of sp³-hybridized carbons (Fsp3) is 0.333. The number of hydrogen-bond donors (Lipinski definition) is 1. The molecule has 0 saturated carbocycles. The lowest BCUT2D eigenvalue weighted by Crippen LogP contribution is -2.03. The third-order valence-corrected chi connectivity index (χ3v) is 3.24. The highest BCUT2D eigenvalue weighted by atomic mass is 35.5. The van der Waals surface area contributed by atoms with E-state index in [2.05, 4.69) is 35.2 Å². The van der Waals surface area contributed by atoms with E-state index in [1.54, 1.807) is 6.07 Å². The maximum atomic E-state index is 6.02. The highest BCUT2D eigenvalue weighted by molar-refractivity contribution is 6.29. The van der Waals surface area contributed by atoms with Crippen LogP contribution in [-0.2, 0) is 11.3 Å². The monoisotopic (exact) mass is 291 g/mol. The number of aryl methyl sites for hydroxylation is 1. The predicted octanol–water partition coefficient (Wildman–Crippen LogP) is 4.03. The van der Waals surface area contributed by atoms with Gasteiger partial charge in [0.1, 0.15) is 17.6 Å². The molecule has 20 heavy (non-hydrogen) atoms. The first kappa shape index (κ1) is 14.8. The molecule has 0 aliphatic carbocycles. The first-order valence-electron chi connectivity index (χ1n) is 6.54. The van der Waals surface area contributed by atoms with Crippen molar-refractivity contribution >= 4 is 23.1 Å². The van der Waals surface area contributed by atoms with Gasteiger partial charge >= 0.3 is 0 Å². The van der Waals surface area contributed by atoms with Crippen LogP contribution in [0.3, 0.4) is 0 Å². The van der Waals surface area contributed by atoms with E-state index in [4.69, 9.17) is 16.3 Å². The molecular formula is C15H18ClN3O. The van der Waals surface area contributed by atoms with Crippen molar-refractivity contribution in [1.29, 1.82) is 0 Å². The molecule has 1 N–H and O–H groups in total. The summed E-state index contributed by atoms with van der Waals surface area (Å²) < 4.78 is 5.31. The summed E-state index contributed by atoms with van der Waals surface area (Å²) in [5, 5.41) is 3.68. The van der Waals surface area contributed by atoms with E-state index in [0.29, 0.717) is 30.0 Å². The van der Waals surface area contributed by atoms with Crippen molar-refractivity contribution in [3.63, 3.8) is 0 Å². The third-order valence-electron chi connectivity index (χ3n) is 3.04. The van der Waals surface area contributed by atoms with Gasteiger partial charge < -0.3 is 10.1 Å². The van der Waals surface area contributed by atoms with Gasteiger partial charge in [0, 0.05) is 18.4 Å². The van der Waals surface area contributed by atoms with Crippen LogP contribution in [0.4, 0.5) is 11.5 Å². The Bertz CT molecular complexity index is 602. The Kier molecular flexibility index (Phi) is 4.93. The van der Waals surface area contributed by atoms with Crippen molar-refractivity contribution < 1.29 is 4.74 Å². The lowest BCUT2D eigenvalue weighted by Gasteiger charge is -2.12. The molecule has 0 unspecified atom stereocenters. The number of nitrogens with one attached hydrogen (secondary N) is 1. The Morgan fingerprint density at radius 3 is 2.80 bits per heavy atom. The zero-order valence-corrected chi connectivity index (χ0v) is 12.7. The standard InChI is InChI=1S/C15H18ClN3O/c1-4-20-9-15-18-13(16)8-14(19-15)17-12-7-5-6-10(2)11(12)3/h5-8H,4,9H2,1-3H3,(H,17,18,19). The summed E-state index contributed by atoms with van der Waals surface area (Å²) in [4.78, 5) is 8.55. The summed E-state index contributed by atoms with van der Waals surface area (Å²) >= 11 is 6.02. The summed E-state index contributed by atoms with van der Waals surface area (Å²) in [5.41, 5.74) is 3.43. The SMILES string of the molecule is CCOCc1nc(Cl)cc(Nc2cccc(C)c2C)n1. The number of benzene rings is 1. The smallest absolute Gasteiger partial charge is 0.158 e. The van der Waals surface area contributed by atoms with E-state index < -0.39 is 0 Å². The molecule has 2 aromatic rings. The van der Waals surface area contributed by atoms with Crippen LogP contribution in [0.15, 0.2) is 24.3 Å². The van der Waals surface area contributed by atoms with E-state index in [1.165, 1.54) is 11.1 Å². The molecular weight excluding hydrogens is 274 g/mol. The molecule has 0 atom stereocenters. The molecule has 0 spiro atoms. The van der Waals surface area contributed by atoms with Gasteiger partial charge in [-0.2, -0.15) is 0 Å². The molecule has 1 aromatic heterocycles. The minimum absolute atomic E-state index is 0.360. The van der Waals surface area contributed by atoms with Crippen LogP contribution in [0.1, 0.15) is 23.9 Å². The maximum Gasteiger partial charge on any atom is 0.158 e. The fourth-order valence-corrected chi connectivity index (χ4v) is 2.01. The summed E-state index contributed by atoms with van der Waals surface area (Å²) in [6.45, 7) is 7.06. The lowest BCUT2D eigenvalue weighted by molar-refractivity contribution is 0.128. The molecule has 0 saturated heterocycles. The van der Waals surface area contributed by atoms with Crippen LogP contribution < -0.4 is 5.32 Å². The van der Waals surface area contributed by atoms with Gasteiger partial charge in [0.15, 0.2) is 5.82 Å². The van der Waals surface area contributed by atoms with Crippen molar-refractivity contribution in [2.24, 2.45) is 0 Å². The number of rotatable bonds is 5. The Balaban J connectivity index is 2.24. The molecule has 4 nitrogen and oxygen atoms in total. The second-order valence-electron chi connectivity index (χ2n) is 4.50. The Morgan fingerprint density at radius 2 is 2.05 bits per heavy atom. The quantitative estimate of drug-likeness (QED) is 0.845. The summed E-state index contributed by atoms with van der Waals surface area (Å²) in [6.07, 6.45) is 0. The van der Waals surface area contributed by atoms with Crippen molar-refractivity contribution in [2.75, 3.05) is 11.9 Å². The number of halogens is 1. The fourth-order valence-electron chi connectivity index (χ4n) is 1.81. The zero-order chi connectivity index (χ0) is 14.5. The van der Waals surface area contributed by atoms with E-state index >= 15 is 0 Å². The van der Waals surface area contributed by atoms with Gasteiger partial charge in [-0.3, -0.25) is 0 Å². The van der Waals surface area contributed by atoms with Gasteiger partial charge in [-0.25, -0.2) is 9.97 Å². The third kappa shape index (κ3) is 3.68. The van der Waals surface area contributed by atoms with E-state index in [-0.39, 0.29) is 0 Å². The lowest BCUT2D eigenvalue weighted by atomic mass is 10.1. The Hall–Kier alpha value is -1.65. The van der Waals surface area contributed by atoms with E-state index in [9.17, 15) is 0 Å². The number of hydrogen-bond acceptors (Lipinski definition) is 4. The molecule has 106 valence electrons. The van der Waals surface area contributed by atoms with Crippen molar-refractivity contribution in [3.05, 3.63) is 46.4 Å². The van der Waals surface area contributed by atoms with Crippen molar-refractivity contribution in [1.82, 2.24) is 9.97 Å². The Morgan fingerprint density at radius 1 is 1.25 bits per heavy atom. The number of anilines is 2. The van der Waals surface area contributed by atoms with Crippen LogP contribution in [-0.4, -0.2) is 16.6 Å². The maximum absolute atomic E-state index is 6.02. The number of nitrogens with zero attached hydrogens (tertiary/aromatic N) is 2. The number of ether oxygens (including phenoxy) is 1. The number of aromatic nitrogens is 2. The molecule has 1 aromatic carbocycles. The van der Waals surface area contributed by atoms with Crippen LogP contribution >= 0.6 is 11.6 Å². The second kappa shape index (κ2) is 6.68. The molecule has 0 aliphatic rings.